The number of anilines is 1. The van der Waals surface area contributed by atoms with Gasteiger partial charge in [-0.1, -0.05) is 30.3 Å². The number of aliphatic hydroxyl groups is 1. The Labute approximate surface area is 152 Å². The van der Waals surface area contributed by atoms with Crippen LogP contribution in [0, 0.1) is 6.92 Å². The Morgan fingerprint density at radius 3 is 2.88 bits per heavy atom. The van der Waals surface area contributed by atoms with Crippen LogP contribution < -0.4 is 10.9 Å². The molecule has 3 N–H and O–H groups in total. The molecular formula is C19H25N5O2. The molecule has 0 saturated heterocycles. The number of nitrogens with one attached hydrogen (secondary N) is 2. The smallest absolute Gasteiger partial charge is 0.277 e. The summed E-state index contributed by atoms with van der Waals surface area (Å²) < 4.78 is 1.60. The number of nitrogens with zero attached hydrogens (tertiary/aromatic N) is 3. The predicted octanol–water partition coefficient (Wildman–Crippen LogP) is 2.38. The second kappa shape index (κ2) is 8.14. The van der Waals surface area contributed by atoms with E-state index in [9.17, 15) is 4.79 Å². The van der Waals surface area contributed by atoms with Crippen molar-refractivity contribution in [3.63, 3.8) is 0 Å². The summed E-state index contributed by atoms with van der Waals surface area (Å²) in [5, 5.41) is 20.3. The lowest BCUT2D eigenvalue weighted by Crippen LogP contribution is -2.15. The van der Waals surface area contributed by atoms with Gasteiger partial charge in [-0.05, 0) is 42.9 Å². The zero-order valence-corrected chi connectivity index (χ0v) is 15.2. The van der Waals surface area contributed by atoms with E-state index >= 15 is 0 Å². The van der Waals surface area contributed by atoms with Crippen LogP contribution in [-0.4, -0.2) is 31.7 Å². The van der Waals surface area contributed by atoms with Gasteiger partial charge in [0.1, 0.15) is 11.3 Å². The second-order valence-corrected chi connectivity index (χ2v) is 6.46. The van der Waals surface area contributed by atoms with Crippen LogP contribution in [0.2, 0.25) is 0 Å². The second-order valence-electron chi connectivity index (χ2n) is 6.46. The third-order valence-electron chi connectivity index (χ3n) is 4.56. The van der Waals surface area contributed by atoms with E-state index in [0.717, 1.165) is 12.8 Å². The van der Waals surface area contributed by atoms with Crippen LogP contribution >= 0.6 is 0 Å². The third-order valence-corrected chi connectivity index (χ3v) is 4.56. The molecule has 7 heteroatoms. The van der Waals surface area contributed by atoms with Gasteiger partial charge in [0.05, 0.1) is 0 Å². The first-order chi connectivity index (χ1) is 12.6. The SMILES string of the molecule is CCc1cc(CNc2cc3nnn(CCCCO)c3c(=O)[nH]2)ccc1C. The van der Waals surface area contributed by atoms with Crippen molar-refractivity contribution in [3.8, 4) is 0 Å². The first-order valence-corrected chi connectivity index (χ1v) is 9.02. The van der Waals surface area contributed by atoms with Gasteiger partial charge in [-0.25, -0.2) is 4.68 Å². The van der Waals surface area contributed by atoms with Crippen LogP contribution in [0.1, 0.15) is 36.5 Å². The third kappa shape index (κ3) is 3.94. The fourth-order valence-corrected chi connectivity index (χ4v) is 3.05. The maximum atomic E-state index is 12.4. The van der Waals surface area contributed by atoms with Gasteiger partial charge in [0.15, 0.2) is 5.52 Å². The van der Waals surface area contributed by atoms with Crippen LogP contribution in [0.5, 0.6) is 0 Å². The van der Waals surface area contributed by atoms with Gasteiger partial charge in [0.2, 0.25) is 0 Å². The Bertz CT molecular complexity index is 945. The normalized spacial score (nSPS) is 11.2. The minimum Gasteiger partial charge on any atom is -0.396 e. The molecule has 0 fully saturated rings. The molecule has 3 rings (SSSR count). The Hall–Kier alpha value is -2.67. The summed E-state index contributed by atoms with van der Waals surface area (Å²) in [4.78, 5) is 15.3. The highest BCUT2D eigenvalue weighted by molar-refractivity contribution is 5.76. The number of hydrogen-bond donors (Lipinski definition) is 3. The highest BCUT2D eigenvalue weighted by atomic mass is 16.2. The van der Waals surface area contributed by atoms with Crippen molar-refractivity contribution >= 4 is 16.9 Å². The summed E-state index contributed by atoms with van der Waals surface area (Å²) in [6, 6.07) is 8.22. The summed E-state index contributed by atoms with van der Waals surface area (Å²) in [5.74, 6) is 0.628. The molecule has 0 unspecified atom stereocenters. The molecule has 138 valence electrons. The molecule has 0 spiro atoms. The molecule has 2 aromatic heterocycles. The molecule has 0 aliphatic carbocycles. The van der Waals surface area contributed by atoms with Crippen molar-refractivity contribution in [2.45, 2.75) is 46.2 Å². The van der Waals surface area contributed by atoms with E-state index < -0.39 is 0 Å². The maximum Gasteiger partial charge on any atom is 0.277 e. The number of unbranched alkanes of at least 4 members (excludes halogenated alkanes) is 1. The molecule has 7 nitrogen and oxygen atoms in total. The molecule has 0 aliphatic heterocycles. The highest BCUT2D eigenvalue weighted by Gasteiger charge is 2.10. The summed E-state index contributed by atoms with van der Waals surface area (Å²) in [6.07, 6.45) is 2.43. The van der Waals surface area contributed by atoms with Gasteiger partial charge < -0.3 is 15.4 Å². The van der Waals surface area contributed by atoms with E-state index in [0.29, 0.717) is 36.4 Å². The molecule has 0 radical (unpaired) electrons. The van der Waals surface area contributed by atoms with Gasteiger partial charge in [0, 0.05) is 25.8 Å². The topological polar surface area (TPSA) is 95.8 Å². The van der Waals surface area contributed by atoms with Gasteiger partial charge in [0.25, 0.3) is 5.56 Å². The number of pyridine rings is 1. The van der Waals surface area contributed by atoms with Crippen LogP contribution in [-0.2, 0) is 19.5 Å². The molecule has 2 heterocycles. The number of aromatic amines is 1. The van der Waals surface area contributed by atoms with E-state index in [-0.39, 0.29) is 12.2 Å². The Morgan fingerprint density at radius 1 is 1.27 bits per heavy atom. The van der Waals surface area contributed by atoms with Crippen LogP contribution in [0.15, 0.2) is 29.1 Å². The standard InChI is InChI=1S/C19H25N5O2/c1-3-15-10-14(7-6-13(15)2)12-20-17-11-16-18(19(26)21-17)24(23-22-16)8-4-5-9-25/h6-7,10-11,25H,3-5,8-9,12H2,1-2H3,(H2,20,21,26). The average Bonchev–Trinajstić information content (AvgIpc) is 3.05. The lowest BCUT2D eigenvalue weighted by Gasteiger charge is -2.09. The Kier molecular flexibility index (Phi) is 5.68. The lowest BCUT2D eigenvalue weighted by molar-refractivity contribution is 0.280. The molecule has 1 aromatic carbocycles. The number of rotatable bonds is 8. The highest BCUT2D eigenvalue weighted by Crippen LogP contribution is 2.15. The van der Waals surface area contributed by atoms with Crippen molar-refractivity contribution in [3.05, 3.63) is 51.3 Å². The van der Waals surface area contributed by atoms with Crippen molar-refractivity contribution in [2.75, 3.05) is 11.9 Å². The van der Waals surface area contributed by atoms with E-state index in [1.54, 1.807) is 10.7 Å². The minimum atomic E-state index is -0.211. The molecule has 0 bridgehead atoms. The number of benzene rings is 1. The number of fused-ring (bicyclic) bond motifs is 1. The number of aryl methyl sites for hydroxylation is 3. The Morgan fingerprint density at radius 2 is 2.12 bits per heavy atom. The fourth-order valence-electron chi connectivity index (χ4n) is 3.05. The van der Waals surface area contributed by atoms with Gasteiger partial charge >= 0.3 is 0 Å². The van der Waals surface area contributed by atoms with Crippen molar-refractivity contribution in [1.29, 1.82) is 0 Å². The number of hydrogen-bond acceptors (Lipinski definition) is 5. The van der Waals surface area contributed by atoms with E-state index in [4.69, 9.17) is 5.11 Å². The summed E-state index contributed by atoms with van der Waals surface area (Å²) in [5.41, 5.74) is 4.62. The summed E-state index contributed by atoms with van der Waals surface area (Å²) in [7, 11) is 0. The number of aliphatic hydroxyl groups excluding tert-OH is 1. The number of H-pyrrole nitrogens is 1. The number of aromatic nitrogens is 4. The van der Waals surface area contributed by atoms with Crippen molar-refractivity contribution in [2.24, 2.45) is 0 Å². The van der Waals surface area contributed by atoms with Crippen molar-refractivity contribution < 1.29 is 5.11 Å². The van der Waals surface area contributed by atoms with Crippen LogP contribution in [0.25, 0.3) is 11.0 Å². The maximum absolute atomic E-state index is 12.4. The quantitative estimate of drug-likeness (QED) is 0.539. The fraction of sp³-hybridized carbons (Fsp3) is 0.421. The minimum absolute atomic E-state index is 0.135. The van der Waals surface area contributed by atoms with E-state index in [2.05, 4.69) is 52.7 Å². The van der Waals surface area contributed by atoms with Gasteiger partial charge in [-0.3, -0.25) is 4.79 Å². The summed E-state index contributed by atoms with van der Waals surface area (Å²) in [6.45, 7) is 5.59. The van der Waals surface area contributed by atoms with Gasteiger partial charge in [-0.2, -0.15) is 0 Å². The molecular weight excluding hydrogens is 330 g/mol. The van der Waals surface area contributed by atoms with Gasteiger partial charge in [-0.15, -0.1) is 5.10 Å². The van der Waals surface area contributed by atoms with E-state index in [1.807, 2.05) is 0 Å². The molecule has 0 aliphatic rings. The average molecular weight is 355 g/mol. The van der Waals surface area contributed by atoms with E-state index in [1.165, 1.54) is 16.7 Å². The molecule has 0 atom stereocenters. The molecule has 3 aromatic rings. The first kappa shape index (κ1) is 18.1. The monoisotopic (exact) mass is 355 g/mol. The van der Waals surface area contributed by atoms with Crippen LogP contribution in [0.4, 0.5) is 5.82 Å². The largest absolute Gasteiger partial charge is 0.396 e. The van der Waals surface area contributed by atoms with Crippen LogP contribution in [0.3, 0.4) is 0 Å². The zero-order chi connectivity index (χ0) is 18.5. The Balaban J connectivity index is 1.76. The van der Waals surface area contributed by atoms with Crippen molar-refractivity contribution in [1.82, 2.24) is 20.0 Å². The molecule has 0 saturated carbocycles. The zero-order valence-electron chi connectivity index (χ0n) is 15.2. The molecule has 26 heavy (non-hydrogen) atoms. The lowest BCUT2D eigenvalue weighted by atomic mass is 10.0. The summed E-state index contributed by atoms with van der Waals surface area (Å²) >= 11 is 0. The first-order valence-electron chi connectivity index (χ1n) is 9.02. The molecule has 0 amide bonds. The predicted molar refractivity (Wildman–Crippen MR) is 102 cm³/mol.